The molecule has 0 aromatic heterocycles. The van der Waals surface area contributed by atoms with Crippen LogP contribution in [0, 0.1) is 10.1 Å². The highest BCUT2D eigenvalue weighted by molar-refractivity contribution is 5.97. The molecule has 0 saturated carbocycles. The highest BCUT2D eigenvalue weighted by Crippen LogP contribution is 2.11. The molecule has 0 unspecified atom stereocenters. The number of carbonyl (C=O) groups excluding carboxylic acids is 1. The predicted octanol–water partition coefficient (Wildman–Crippen LogP) is 1.55. The van der Waals surface area contributed by atoms with E-state index in [1.165, 1.54) is 24.3 Å². The lowest BCUT2D eigenvalue weighted by Crippen LogP contribution is -2.22. The summed E-state index contributed by atoms with van der Waals surface area (Å²) in [7, 11) is 0. The van der Waals surface area contributed by atoms with Gasteiger partial charge in [0.25, 0.3) is 5.69 Å². The maximum absolute atomic E-state index is 11.5. The lowest BCUT2D eigenvalue weighted by atomic mass is 10.1. The SMILES string of the molecule is C=CCNCC(=O)c1ccc([N+](=O)[O-])cc1. The summed E-state index contributed by atoms with van der Waals surface area (Å²) in [6, 6.07) is 5.55. The first-order chi connectivity index (χ1) is 7.65. The molecule has 0 amide bonds. The Hall–Kier alpha value is -2.01. The van der Waals surface area contributed by atoms with E-state index in [1.54, 1.807) is 6.08 Å². The van der Waals surface area contributed by atoms with Gasteiger partial charge in [-0.3, -0.25) is 14.9 Å². The Morgan fingerprint density at radius 1 is 1.44 bits per heavy atom. The number of Topliss-reactive ketones (excluding diaryl/α,β-unsaturated/α-hetero) is 1. The van der Waals surface area contributed by atoms with Crippen molar-refractivity contribution in [3.63, 3.8) is 0 Å². The number of carbonyl (C=O) groups is 1. The summed E-state index contributed by atoms with van der Waals surface area (Å²) in [5.74, 6) is -0.100. The van der Waals surface area contributed by atoms with Crippen LogP contribution in [0.2, 0.25) is 0 Å². The second kappa shape index (κ2) is 5.77. The molecular weight excluding hydrogens is 208 g/mol. The van der Waals surface area contributed by atoms with Crippen LogP contribution in [0.3, 0.4) is 0 Å². The first kappa shape index (κ1) is 12.1. The Bertz CT molecular complexity index is 398. The van der Waals surface area contributed by atoms with Gasteiger partial charge in [0.1, 0.15) is 0 Å². The fourth-order valence-electron chi connectivity index (χ4n) is 1.16. The Kier molecular flexibility index (Phi) is 4.35. The van der Waals surface area contributed by atoms with Crippen LogP contribution in [-0.2, 0) is 0 Å². The molecule has 0 bridgehead atoms. The number of nitrogens with zero attached hydrogens (tertiary/aromatic N) is 1. The van der Waals surface area contributed by atoms with Crippen molar-refractivity contribution in [3.8, 4) is 0 Å². The molecule has 16 heavy (non-hydrogen) atoms. The number of hydrogen-bond donors (Lipinski definition) is 1. The molecular formula is C11H12N2O3. The minimum absolute atomic E-state index is 0.0180. The van der Waals surface area contributed by atoms with Crippen molar-refractivity contribution in [1.82, 2.24) is 5.32 Å². The number of non-ortho nitro benzene ring substituents is 1. The Labute approximate surface area is 92.9 Å². The number of nitro groups is 1. The molecule has 0 aliphatic heterocycles. The smallest absolute Gasteiger partial charge is 0.269 e. The molecule has 0 atom stereocenters. The third-order valence-corrected chi connectivity index (χ3v) is 1.97. The van der Waals surface area contributed by atoms with Gasteiger partial charge in [-0.1, -0.05) is 6.08 Å². The lowest BCUT2D eigenvalue weighted by Gasteiger charge is -2.01. The zero-order valence-electron chi connectivity index (χ0n) is 8.68. The van der Waals surface area contributed by atoms with Gasteiger partial charge in [-0.05, 0) is 12.1 Å². The van der Waals surface area contributed by atoms with E-state index in [1.807, 2.05) is 0 Å². The summed E-state index contributed by atoms with van der Waals surface area (Å²) >= 11 is 0. The first-order valence-electron chi connectivity index (χ1n) is 4.74. The standard InChI is InChI=1S/C11H12N2O3/c1-2-7-12-8-11(14)9-3-5-10(6-4-9)13(15)16/h2-6,12H,1,7-8H2. The van der Waals surface area contributed by atoms with E-state index in [-0.39, 0.29) is 18.0 Å². The van der Waals surface area contributed by atoms with Crippen LogP contribution >= 0.6 is 0 Å². The van der Waals surface area contributed by atoms with Crippen molar-refractivity contribution in [2.24, 2.45) is 0 Å². The van der Waals surface area contributed by atoms with Crippen molar-refractivity contribution in [1.29, 1.82) is 0 Å². The van der Waals surface area contributed by atoms with Crippen LogP contribution in [0.4, 0.5) is 5.69 Å². The van der Waals surface area contributed by atoms with Gasteiger partial charge in [-0.2, -0.15) is 0 Å². The second-order valence-electron chi connectivity index (χ2n) is 3.15. The molecule has 5 heteroatoms. The van der Waals surface area contributed by atoms with Gasteiger partial charge < -0.3 is 5.32 Å². The number of hydrogen-bond acceptors (Lipinski definition) is 4. The summed E-state index contributed by atoms with van der Waals surface area (Å²) in [6.07, 6.45) is 1.66. The minimum Gasteiger partial charge on any atom is -0.306 e. The van der Waals surface area contributed by atoms with Crippen molar-refractivity contribution in [2.75, 3.05) is 13.1 Å². The third-order valence-electron chi connectivity index (χ3n) is 1.97. The average molecular weight is 220 g/mol. The van der Waals surface area contributed by atoms with Crippen molar-refractivity contribution >= 4 is 11.5 Å². The summed E-state index contributed by atoms with van der Waals surface area (Å²) < 4.78 is 0. The van der Waals surface area contributed by atoms with E-state index in [4.69, 9.17) is 0 Å². The third kappa shape index (κ3) is 3.29. The van der Waals surface area contributed by atoms with Gasteiger partial charge in [-0.25, -0.2) is 0 Å². The van der Waals surface area contributed by atoms with Crippen LogP contribution in [-0.4, -0.2) is 23.8 Å². The molecule has 0 aliphatic carbocycles. The topological polar surface area (TPSA) is 72.2 Å². The van der Waals surface area contributed by atoms with Crippen LogP contribution < -0.4 is 5.32 Å². The number of nitro benzene ring substituents is 1. The van der Waals surface area contributed by atoms with E-state index >= 15 is 0 Å². The number of rotatable bonds is 6. The number of nitrogens with one attached hydrogen (secondary N) is 1. The van der Waals surface area contributed by atoms with Crippen LogP contribution in [0.1, 0.15) is 10.4 Å². The van der Waals surface area contributed by atoms with Crippen LogP contribution in [0.5, 0.6) is 0 Å². The fourth-order valence-corrected chi connectivity index (χ4v) is 1.16. The van der Waals surface area contributed by atoms with Gasteiger partial charge in [0, 0.05) is 24.2 Å². The molecule has 0 spiro atoms. The van der Waals surface area contributed by atoms with Crippen molar-refractivity contribution in [3.05, 3.63) is 52.6 Å². The van der Waals surface area contributed by atoms with Gasteiger partial charge in [0.15, 0.2) is 5.78 Å². The summed E-state index contributed by atoms with van der Waals surface area (Å²) in [6.45, 7) is 4.27. The maximum atomic E-state index is 11.5. The van der Waals surface area contributed by atoms with E-state index in [0.29, 0.717) is 12.1 Å². The molecule has 1 aromatic carbocycles. The van der Waals surface area contributed by atoms with E-state index in [0.717, 1.165) is 0 Å². The molecule has 5 nitrogen and oxygen atoms in total. The highest BCUT2D eigenvalue weighted by atomic mass is 16.6. The number of ketones is 1. The average Bonchev–Trinajstić information content (AvgIpc) is 2.29. The molecule has 0 radical (unpaired) electrons. The Morgan fingerprint density at radius 3 is 2.56 bits per heavy atom. The predicted molar refractivity (Wildman–Crippen MR) is 60.5 cm³/mol. The normalized spacial score (nSPS) is 9.75. The van der Waals surface area contributed by atoms with Gasteiger partial charge in [0.05, 0.1) is 11.5 Å². The molecule has 84 valence electrons. The fraction of sp³-hybridized carbons (Fsp3) is 0.182. The molecule has 1 aromatic rings. The van der Waals surface area contributed by atoms with E-state index in [2.05, 4.69) is 11.9 Å². The van der Waals surface area contributed by atoms with Gasteiger partial charge in [0.2, 0.25) is 0 Å². The summed E-state index contributed by atoms with van der Waals surface area (Å²) in [4.78, 5) is 21.4. The molecule has 1 N–H and O–H groups in total. The zero-order chi connectivity index (χ0) is 12.0. The van der Waals surface area contributed by atoms with E-state index < -0.39 is 4.92 Å². The molecule has 0 fully saturated rings. The quantitative estimate of drug-likeness (QED) is 0.259. The second-order valence-corrected chi connectivity index (χ2v) is 3.15. The molecule has 1 rings (SSSR count). The van der Waals surface area contributed by atoms with Crippen molar-refractivity contribution in [2.45, 2.75) is 0 Å². The molecule has 0 saturated heterocycles. The summed E-state index contributed by atoms with van der Waals surface area (Å²) in [5, 5.41) is 13.3. The zero-order valence-corrected chi connectivity index (χ0v) is 8.68. The molecule has 0 heterocycles. The largest absolute Gasteiger partial charge is 0.306 e. The first-order valence-corrected chi connectivity index (χ1v) is 4.74. The van der Waals surface area contributed by atoms with Crippen LogP contribution in [0.15, 0.2) is 36.9 Å². The monoisotopic (exact) mass is 220 g/mol. The lowest BCUT2D eigenvalue weighted by molar-refractivity contribution is -0.384. The van der Waals surface area contributed by atoms with E-state index in [9.17, 15) is 14.9 Å². The minimum atomic E-state index is -0.496. The Morgan fingerprint density at radius 2 is 2.06 bits per heavy atom. The molecule has 0 aliphatic rings. The van der Waals surface area contributed by atoms with Crippen LogP contribution in [0.25, 0.3) is 0 Å². The van der Waals surface area contributed by atoms with Crippen molar-refractivity contribution < 1.29 is 9.72 Å². The Balaban J connectivity index is 2.63. The maximum Gasteiger partial charge on any atom is 0.269 e. The van der Waals surface area contributed by atoms with Gasteiger partial charge >= 0.3 is 0 Å². The van der Waals surface area contributed by atoms with Gasteiger partial charge in [-0.15, -0.1) is 6.58 Å². The summed E-state index contributed by atoms with van der Waals surface area (Å²) in [5.41, 5.74) is 0.442. The highest BCUT2D eigenvalue weighted by Gasteiger charge is 2.08. The number of benzene rings is 1.